The molecule has 7 nitrogen and oxygen atoms in total. The van der Waals surface area contributed by atoms with Gasteiger partial charge in [0.2, 0.25) is 0 Å². The van der Waals surface area contributed by atoms with Crippen LogP contribution in [0.3, 0.4) is 0 Å². The van der Waals surface area contributed by atoms with Gasteiger partial charge in [0, 0.05) is 31.7 Å². The van der Waals surface area contributed by atoms with E-state index in [0.29, 0.717) is 24.5 Å². The number of carbonyl (C=O) groups excluding carboxylic acids is 1. The van der Waals surface area contributed by atoms with E-state index in [0.717, 1.165) is 39.3 Å². The molecule has 0 atom stereocenters. The first-order valence-corrected chi connectivity index (χ1v) is 8.65. The van der Waals surface area contributed by atoms with E-state index in [2.05, 4.69) is 15.2 Å². The van der Waals surface area contributed by atoms with Crippen LogP contribution in [0.5, 0.6) is 5.75 Å². The van der Waals surface area contributed by atoms with Crippen LogP contribution in [0, 0.1) is 0 Å². The van der Waals surface area contributed by atoms with Gasteiger partial charge < -0.3 is 14.2 Å². The molecule has 0 spiro atoms. The summed E-state index contributed by atoms with van der Waals surface area (Å²) in [5.74, 6) is 0.368. The molecule has 1 amide bonds. The fourth-order valence-electron chi connectivity index (χ4n) is 2.49. The number of nitrogens with one attached hydrogen (secondary N) is 1. The molecule has 0 aromatic heterocycles. The molecule has 7 heteroatoms. The Bertz CT molecular complexity index is 571. The van der Waals surface area contributed by atoms with E-state index < -0.39 is 0 Å². The fourth-order valence-corrected chi connectivity index (χ4v) is 2.49. The lowest BCUT2D eigenvalue weighted by Gasteiger charge is -2.26. The van der Waals surface area contributed by atoms with Gasteiger partial charge in [0.05, 0.1) is 26.9 Å². The van der Waals surface area contributed by atoms with Crippen molar-refractivity contribution in [1.29, 1.82) is 0 Å². The number of morpholine rings is 1. The van der Waals surface area contributed by atoms with Gasteiger partial charge in [-0.15, -0.1) is 0 Å². The van der Waals surface area contributed by atoms with Crippen LogP contribution < -0.4 is 10.1 Å². The quantitative estimate of drug-likeness (QED) is 0.459. The second-order valence-corrected chi connectivity index (χ2v) is 5.61. The number of amidine groups is 1. The monoisotopic (exact) mass is 349 g/mol. The summed E-state index contributed by atoms with van der Waals surface area (Å²) in [5.41, 5.74) is 0.500. The number of hydrogen-bond donors (Lipinski definition) is 1. The Hall–Kier alpha value is -2.12. The number of carbonyl (C=O) groups is 1. The predicted octanol–water partition coefficient (Wildman–Crippen LogP) is 1.54. The molecular formula is C18H27N3O4. The fraction of sp³-hybridized carbons (Fsp3) is 0.556. The molecule has 0 aliphatic carbocycles. The van der Waals surface area contributed by atoms with Crippen LogP contribution in [0.2, 0.25) is 0 Å². The van der Waals surface area contributed by atoms with E-state index in [1.54, 1.807) is 31.4 Å². The van der Waals surface area contributed by atoms with Crippen LogP contribution in [0.25, 0.3) is 0 Å². The number of nitrogens with zero attached hydrogens (tertiary/aromatic N) is 2. The molecule has 1 aromatic carbocycles. The zero-order valence-electron chi connectivity index (χ0n) is 15.0. The Morgan fingerprint density at radius 1 is 1.36 bits per heavy atom. The summed E-state index contributed by atoms with van der Waals surface area (Å²) in [6, 6.07) is 7.22. The number of rotatable bonds is 7. The van der Waals surface area contributed by atoms with Gasteiger partial charge >= 0.3 is 0 Å². The summed E-state index contributed by atoms with van der Waals surface area (Å²) < 4.78 is 15.9. The van der Waals surface area contributed by atoms with Crippen molar-refractivity contribution >= 4 is 11.9 Å². The first kappa shape index (κ1) is 19.2. The molecule has 0 unspecified atom stereocenters. The maximum atomic E-state index is 12.3. The van der Waals surface area contributed by atoms with Crippen LogP contribution in [-0.4, -0.2) is 69.9 Å². The third-order valence-corrected chi connectivity index (χ3v) is 3.83. The predicted molar refractivity (Wildman–Crippen MR) is 96.3 cm³/mol. The zero-order valence-corrected chi connectivity index (χ0v) is 15.0. The third-order valence-electron chi connectivity index (χ3n) is 3.83. The van der Waals surface area contributed by atoms with Gasteiger partial charge in [0.1, 0.15) is 5.75 Å². The number of amides is 1. The molecule has 1 saturated heterocycles. The lowest BCUT2D eigenvalue weighted by molar-refractivity contribution is 0.0377. The molecule has 1 aliphatic heterocycles. The molecule has 0 radical (unpaired) electrons. The SMILES string of the molecule is CCOC(=NCCCN1CCOCC1)NC(=O)c1cccc(OC)c1. The van der Waals surface area contributed by atoms with Gasteiger partial charge in [-0.05, 0) is 31.5 Å². The van der Waals surface area contributed by atoms with Gasteiger partial charge in [-0.1, -0.05) is 6.07 Å². The van der Waals surface area contributed by atoms with Crippen molar-refractivity contribution in [3.8, 4) is 5.75 Å². The molecular weight excluding hydrogens is 322 g/mol. The molecule has 1 N–H and O–H groups in total. The van der Waals surface area contributed by atoms with E-state index in [9.17, 15) is 4.79 Å². The van der Waals surface area contributed by atoms with Crippen molar-refractivity contribution in [1.82, 2.24) is 10.2 Å². The van der Waals surface area contributed by atoms with Crippen molar-refractivity contribution in [2.75, 3.05) is 53.1 Å². The average Bonchev–Trinajstić information content (AvgIpc) is 2.66. The molecule has 1 fully saturated rings. The molecule has 1 aliphatic rings. The Labute approximate surface area is 149 Å². The van der Waals surface area contributed by atoms with Crippen LogP contribution >= 0.6 is 0 Å². The summed E-state index contributed by atoms with van der Waals surface area (Å²) in [5, 5.41) is 2.72. The van der Waals surface area contributed by atoms with Crippen LogP contribution in [0.4, 0.5) is 0 Å². The molecule has 1 aromatic rings. The molecule has 0 saturated carbocycles. The minimum Gasteiger partial charge on any atom is -0.497 e. The highest BCUT2D eigenvalue weighted by Crippen LogP contribution is 2.12. The average molecular weight is 349 g/mol. The zero-order chi connectivity index (χ0) is 17.9. The van der Waals surface area contributed by atoms with Gasteiger partial charge in [0.15, 0.2) is 0 Å². The van der Waals surface area contributed by atoms with Gasteiger partial charge in [0.25, 0.3) is 11.9 Å². The largest absolute Gasteiger partial charge is 0.497 e. The summed E-state index contributed by atoms with van der Waals surface area (Å²) in [6.45, 7) is 7.40. The lowest BCUT2D eigenvalue weighted by atomic mass is 10.2. The summed E-state index contributed by atoms with van der Waals surface area (Å²) in [6.07, 6.45) is 0.908. The van der Waals surface area contributed by atoms with E-state index >= 15 is 0 Å². The number of hydrogen-bond acceptors (Lipinski definition) is 6. The molecule has 1 heterocycles. The summed E-state index contributed by atoms with van der Waals surface area (Å²) in [4.78, 5) is 19.1. The Morgan fingerprint density at radius 3 is 2.88 bits per heavy atom. The van der Waals surface area contributed by atoms with E-state index in [-0.39, 0.29) is 11.9 Å². The van der Waals surface area contributed by atoms with Crippen molar-refractivity contribution < 1.29 is 19.0 Å². The number of ether oxygens (including phenoxy) is 3. The number of aliphatic imine (C=N–C) groups is 1. The highest BCUT2D eigenvalue weighted by Gasteiger charge is 2.11. The molecule has 2 rings (SSSR count). The van der Waals surface area contributed by atoms with Gasteiger partial charge in [-0.3, -0.25) is 15.0 Å². The summed E-state index contributed by atoms with van der Waals surface area (Å²) in [7, 11) is 1.57. The second-order valence-electron chi connectivity index (χ2n) is 5.61. The Balaban J connectivity index is 1.84. The van der Waals surface area contributed by atoms with Crippen LogP contribution in [0.15, 0.2) is 29.3 Å². The highest BCUT2D eigenvalue weighted by molar-refractivity contribution is 6.04. The van der Waals surface area contributed by atoms with Crippen molar-refractivity contribution in [2.24, 2.45) is 4.99 Å². The number of methoxy groups -OCH3 is 1. The number of benzene rings is 1. The maximum absolute atomic E-state index is 12.3. The second kappa shape index (κ2) is 10.7. The van der Waals surface area contributed by atoms with Gasteiger partial charge in [-0.2, -0.15) is 0 Å². The Morgan fingerprint density at radius 2 is 2.16 bits per heavy atom. The van der Waals surface area contributed by atoms with E-state index in [1.807, 2.05) is 6.92 Å². The Kier molecular flexibility index (Phi) is 8.21. The standard InChI is InChI=1S/C18H27N3O4/c1-3-25-18(19-8-5-9-21-10-12-24-13-11-21)20-17(22)15-6-4-7-16(14-15)23-2/h4,6-7,14H,3,5,8-13H2,1-2H3,(H,19,20,22). The van der Waals surface area contributed by atoms with Crippen LogP contribution in [-0.2, 0) is 9.47 Å². The smallest absolute Gasteiger partial charge is 0.291 e. The van der Waals surface area contributed by atoms with Gasteiger partial charge in [-0.25, -0.2) is 4.99 Å². The van der Waals surface area contributed by atoms with Crippen LogP contribution in [0.1, 0.15) is 23.7 Å². The summed E-state index contributed by atoms with van der Waals surface area (Å²) >= 11 is 0. The molecule has 25 heavy (non-hydrogen) atoms. The topological polar surface area (TPSA) is 72.4 Å². The first-order valence-electron chi connectivity index (χ1n) is 8.65. The normalized spacial score (nSPS) is 15.7. The van der Waals surface area contributed by atoms with E-state index in [1.165, 1.54) is 0 Å². The molecule has 0 bridgehead atoms. The van der Waals surface area contributed by atoms with Crippen molar-refractivity contribution in [3.05, 3.63) is 29.8 Å². The maximum Gasteiger partial charge on any atom is 0.291 e. The van der Waals surface area contributed by atoms with Crippen molar-refractivity contribution in [3.63, 3.8) is 0 Å². The minimum absolute atomic E-state index is 0.261. The third kappa shape index (κ3) is 6.72. The van der Waals surface area contributed by atoms with Crippen molar-refractivity contribution in [2.45, 2.75) is 13.3 Å². The molecule has 138 valence electrons. The first-order chi connectivity index (χ1) is 12.2. The lowest BCUT2D eigenvalue weighted by Crippen LogP contribution is -2.37. The highest BCUT2D eigenvalue weighted by atomic mass is 16.5. The van der Waals surface area contributed by atoms with E-state index in [4.69, 9.17) is 14.2 Å². The minimum atomic E-state index is -0.265.